The van der Waals surface area contributed by atoms with Gasteiger partial charge in [-0.2, -0.15) is 0 Å². The topological polar surface area (TPSA) is 80.7 Å². The molecular weight excluding hydrogens is 316 g/mol. The van der Waals surface area contributed by atoms with E-state index in [1.165, 1.54) is 12.1 Å². The Kier molecular flexibility index (Phi) is 4.78. The van der Waals surface area contributed by atoms with Gasteiger partial charge in [0.15, 0.2) is 0 Å². The van der Waals surface area contributed by atoms with E-state index in [2.05, 4.69) is 6.92 Å². The van der Waals surface area contributed by atoms with Crippen molar-refractivity contribution in [2.24, 2.45) is 5.92 Å². The zero-order chi connectivity index (χ0) is 15.6. The van der Waals surface area contributed by atoms with E-state index in [1.54, 1.807) is 0 Å². The number of hydrogen-bond donors (Lipinski definition) is 1. The summed E-state index contributed by atoms with van der Waals surface area (Å²) < 4.78 is 29.0. The summed E-state index contributed by atoms with van der Waals surface area (Å²) in [7, 11) is 1.31. The predicted octanol–water partition coefficient (Wildman–Crippen LogP) is 3.27. The molecule has 1 saturated carbocycles. The van der Waals surface area contributed by atoms with Crippen LogP contribution in [0, 0.1) is 5.92 Å². The van der Waals surface area contributed by atoms with Crippen LogP contribution in [-0.2, 0) is 9.05 Å². The van der Waals surface area contributed by atoms with Gasteiger partial charge in [-0.25, -0.2) is 13.2 Å². The van der Waals surface area contributed by atoms with Crippen LogP contribution in [0.15, 0.2) is 23.1 Å². The molecule has 1 N–H and O–H groups in total. The van der Waals surface area contributed by atoms with Gasteiger partial charge in [-0.15, -0.1) is 0 Å². The first kappa shape index (κ1) is 16.1. The number of carbonyl (C=O) groups is 1. The van der Waals surface area contributed by atoms with Crippen LogP contribution in [-0.4, -0.2) is 25.6 Å². The molecule has 1 aromatic carbocycles. The van der Waals surface area contributed by atoms with Gasteiger partial charge in [-0.3, -0.25) is 0 Å². The van der Waals surface area contributed by atoms with Gasteiger partial charge in [0.1, 0.15) is 10.6 Å². The van der Waals surface area contributed by atoms with Crippen molar-refractivity contribution in [2.45, 2.75) is 43.6 Å². The van der Waals surface area contributed by atoms with Crippen molar-refractivity contribution >= 4 is 25.7 Å². The van der Waals surface area contributed by atoms with Crippen molar-refractivity contribution in [2.75, 3.05) is 0 Å². The van der Waals surface area contributed by atoms with Crippen LogP contribution in [0.25, 0.3) is 0 Å². The Balaban J connectivity index is 2.28. The number of carboxylic acid groups (broad SMARTS) is 1. The molecule has 0 radical (unpaired) electrons. The second-order valence-corrected chi connectivity index (χ2v) is 7.94. The highest BCUT2D eigenvalue weighted by Crippen LogP contribution is 2.32. The van der Waals surface area contributed by atoms with Crippen LogP contribution in [0.1, 0.15) is 43.0 Å². The lowest BCUT2D eigenvalue weighted by Crippen LogP contribution is -2.23. The highest BCUT2D eigenvalue weighted by molar-refractivity contribution is 8.13. The summed E-state index contributed by atoms with van der Waals surface area (Å²) in [5.41, 5.74) is -0.140. The second kappa shape index (κ2) is 6.23. The highest BCUT2D eigenvalue weighted by atomic mass is 35.7. The standard InChI is InChI=1S/C14H17ClO5S/c1-9-2-5-11(6-3-9)20-12-7-4-10(14(16)17)8-13(12)21(15,18)19/h4,7-9,11H,2-3,5-6H2,1H3,(H,16,17). The molecule has 0 saturated heterocycles. The number of hydrogen-bond acceptors (Lipinski definition) is 4. The van der Waals surface area contributed by atoms with Gasteiger partial charge >= 0.3 is 5.97 Å². The number of ether oxygens (including phenoxy) is 1. The Morgan fingerprint density at radius 1 is 1.29 bits per heavy atom. The first-order valence-electron chi connectivity index (χ1n) is 6.76. The molecule has 116 valence electrons. The minimum Gasteiger partial charge on any atom is -0.489 e. The lowest BCUT2D eigenvalue weighted by Gasteiger charge is -2.27. The number of halogens is 1. The van der Waals surface area contributed by atoms with Gasteiger partial charge in [0.05, 0.1) is 11.7 Å². The zero-order valence-electron chi connectivity index (χ0n) is 11.6. The molecule has 1 aliphatic carbocycles. The molecule has 0 aromatic heterocycles. The molecule has 2 rings (SSSR count). The van der Waals surface area contributed by atoms with Crippen LogP contribution in [0.4, 0.5) is 0 Å². The van der Waals surface area contributed by atoms with E-state index < -0.39 is 15.0 Å². The molecule has 21 heavy (non-hydrogen) atoms. The third kappa shape index (κ3) is 4.11. The summed E-state index contributed by atoms with van der Waals surface area (Å²) in [6.07, 6.45) is 3.70. The molecule has 0 bridgehead atoms. The lowest BCUT2D eigenvalue weighted by atomic mass is 9.89. The molecule has 0 spiro atoms. The van der Waals surface area contributed by atoms with E-state index in [-0.39, 0.29) is 22.3 Å². The maximum Gasteiger partial charge on any atom is 0.335 e. The van der Waals surface area contributed by atoms with Crippen LogP contribution >= 0.6 is 10.7 Å². The van der Waals surface area contributed by atoms with Crippen LogP contribution in [0.5, 0.6) is 5.75 Å². The van der Waals surface area contributed by atoms with Crippen molar-refractivity contribution in [1.29, 1.82) is 0 Å². The molecule has 1 fully saturated rings. The van der Waals surface area contributed by atoms with Crippen LogP contribution in [0.3, 0.4) is 0 Å². The van der Waals surface area contributed by atoms with Gasteiger partial charge in [-0.1, -0.05) is 6.92 Å². The van der Waals surface area contributed by atoms with Crippen molar-refractivity contribution in [1.82, 2.24) is 0 Å². The third-order valence-electron chi connectivity index (χ3n) is 3.71. The summed E-state index contributed by atoms with van der Waals surface area (Å²) in [6.45, 7) is 2.17. The van der Waals surface area contributed by atoms with E-state index in [0.29, 0.717) is 5.92 Å². The number of carboxylic acids is 1. The minimum atomic E-state index is -4.07. The smallest absolute Gasteiger partial charge is 0.335 e. The molecule has 1 aliphatic rings. The Morgan fingerprint density at radius 3 is 2.43 bits per heavy atom. The summed E-state index contributed by atoms with van der Waals surface area (Å²) in [5.74, 6) is -0.445. The molecule has 0 aliphatic heterocycles. The van der Waals surface area contributed by atoms with E-state index in [4.69, 9.17) is 20.5 Å². The van der Waals surface area contributed by atoms with Crippen molar-refractivity contribution in [3.8, 4) is 5.75 Å². The highest BCUT2D eigenvalue weighted by Gasteiger charge is 2.24. The average Bonchev–Trinajstić information content (AvgIpc) is 2.40. The second-order valence-electron chi connectivity index (χ2n) is 5.40. The first-order chi connectivity index (χ1) is 9.77. The Bertz CT molecular complexity index is 633. The van der Waals surface area contributed by atoms with Gasteiger partial charge in [0, 0.05) is 10.7 Å². The van der Waals surface area contributed by atoms with Gasteiger partial charge in [0.25, 0.3) is 9.05 Å². The maximum absolute atomic E-state index is 11.6. The minimum absolute atomic E-state index is 0.0611. The summed E-state index contributed by atoms with van der Waals surface area (Å²) in [5, 5.41) is 8.94. The van der Waals surface area contributed by atoms with Crippen molar-refractivity contribution in [3.63, 3.8) is 0 Å². The molecule has 7 heteroatoms. The van der Waals surface area contributed by atoms with E-state index >= 15 is 0 Å². The van der Waals surface area contributed by atoms with E-state index in [1.807, 2.05) is 0 Å². The SMILES string of the molecule is CC1CCC(Oc2ccc(C(=O)O)cc2S(=O)(=O)Cl)CC1. The molecule has 0 unspecified atom stereocenters. The maximum atomic E-state index is 11.6. The molecule has 1 aromatic rings. The van der Waals surface area contributed by atoms with E-state index in [9.17, 15) is 13.2 Å². The molecule has 0 atom stereocenters. The quantitative estimate of drug-likeness (QED) is 0.856. The number of aromatic carboxylic acids is 1. The van der Waals surface area contributed by atoms with Crippen molar-refractivity contribution < 1.29 is 23.1 Å². The van der Waals surface area contributed by atoms with Gasteiger partial charge in [0.2, 0.25) is 0 Å². The fraction of sp³-hybridized carbons (Fsp3) is 0.500. The fourth-order valence-electron chi connectivity index (χ4n) is 2.46. The Labute approximate surface area is 128 Å². The van der Waals surface area contributed by atoms with Crippen LogP contribution < -0.4 is 4.74 Å². The van der Waals surface area contributed by atoms with Crippen molar-refractivity contribution in [3.05, 3.63) is 23.8 Å². The Hall–Kier alpha value is -1.27. The fourth-order valence-corrected chi connectivity index (χ4v) is 3.44. The Morgan fingerprint density at radius 2 is 1.90 bits per heavy atom. The monoisotopic (exact) mass is 332 g/mol. The predicted molar refractivity (Wildman–Crippen MR) is 78.5 cm³/mol. The van der Waals surface area contributed by atoms with E-state index in [0.717, 1.165) is 31.7 Å². The summed E-state index contributed by atoms with van der Waals surface area (Å²) in [4.78, 5) is 10.6. The normalized spacial score (nSPS) is 22.8. The zero-order valence-corrected chi connectivity index (χ0v) is 13.2. The summed E-state index contributed by atoms with van der Waals surface area (Å²) in [6, 6.07) is 3.71. The van der Waals surface area contributed by atoms with Gasteiger partial charge < -0.3 is 9.84 Å². The number of rotatable bonds is 4. The van der Waals surface area contributed by atoms with Gasteiger partial charge in [-0.05, 0) is 49.8 Å². The molecule has 0 heterocycles. The average molecular weight is 333 g/mol. The third-order valence-corrected chi connectivity index (χ3v) is 5.05. The van der Waals surface area contributed by atoms with Crippen LogP contribution in [0.2, 0.25) is 0 Å². The first-order valence-corrected chi connectivity index (χ1v) is 9.07. The lowest BCUT2D eigenvalue weighted by molar-refractivity contribution is 0.0696. The summed E-state index contributed by atoms with van der Waals surface area (Å²) >= 11 is 0. The largest absolute Gasteiger partial charge is 0.489 e. The molecular formula is C14H17ClO5S. The molecule has 0 amide bonds. The number of benzene rings is 1. The molecule has 5 nitrogen and oxygen atoms in total.